The Morgan fingerprint density at radius 3 is 2.45 bits per heavy atom. The van der Waals surface area contributed by atoms with E-state index in [0.29, 0.717) is 6.42 Å². The molecule has 1 aromatic carbocycles. The molecular weight excluding hydrogens is 250 g/mol. The highest BCUT2D eigenvalue weighted by Gasteiger charge is 2.05. The van der Waals surface area contributed by atoms with Gasteiger partial charge < -0.3 is 14.8 Å². The van der Waals surface area contributed by atoms with E-state index in [1.165, 1.54) is 5.69 Å². The van der Waals surface area contributed by atoms with Crippen LogP contribution < -0.4 is 5.32 Å². The van der Waals surface area contributed by atoms with Gasteiger partial charge in [0.25, 0.3) is 0 Å². The fraction of sp³-hybridized carbons (Fsp3) is 0.312. The van der Waals surface area contributed by atoms with Crippen LogP contribution in [0.5, 0.6) is 0 Å². The van der Waals surface area contributed by atoms with E-state index >= 15 is 0 Å². The lowest BCUT2D eigenvalue weighted by molar-refractivity contribution is -0.127. The Hall–Kier alpha value is -2.23. The zero-order valence-electron chi connectivity index (χ0n) is 12.3. The molecule has 2 rings (SSSR count). The summed E-state index contributed by atoms with van der Waals surface area (Å²) in [6.07, 6.45) is 2.48. The van der Waals surface area contributed by atoms with Gasteiger partial charge in [0.15, 0.2) is 0 Å². The van der Waals surface area contributed by atoms with E-state index in [1.54, 1.807) is 19.0 Å². The summed E-state index contributed by atoms with van der Waals surface area (Å²) in [5.41, 5.74) is 3.33. The van der Waals surface area contributed by atoms with Crippen molar-refractivity contribution in [2.45, 2.75) is 13.0 Å². The molecule has 0 aliphatic carbocycles. The number of likely N-dealkylation sites (N-methyl/N-ethyl adjacent to an activating group) is 1. The SMILES string of the molecule is CN(C)C(=O)Cc1ccc(NCc2cccn2C)cc1. The third kappa shape index (κ3) is 3.63. The van der Waals surface area contributed by atoms with Gasteiger partial charge in [0, 0.05) is 38.7 Å². The number of rotatable bonds is 5. The van der Waals surface area contributed by atoms with Gasteiger partial charge >= 0.3 is 0 Å². The quantitative estimate of drug-likeness (QED) is 0.906. The van der Waals surface area contributed by atoms with Gasteiger partial charge in [0.05, 0.1) is 13.0 Å². The number of amides is 1. The predicted molar refractivity (Wildman–Crippen MR) is 81.6 cm³/mol. The van der Waals surface area contributed by atoms with Gasteiger partial charge in [-0.1, -0.05) is 12.1 Å². The first kappa shape index (κ1) is 14.2. The molecule has 0 aliphatic heterocycles. The number of benzene rings is 1. The molecule has 0 radical (unpaired) electrons. The standard InChI is InChI=1S/C16H21N3O/c1-18(2)16(20)11-13-6-8-14(9-7-13)17-12-15-5-4-10-19(15)3/h4-10,17H,11-12H2,1-3H3. The molecule has 0 aliphatic rings. The van der Waals surface area contributed by atoms with E-state index < -0.39 is 0 Å². The maximum absolute atomic E-state index is 11.6. The Balaban J connectivity index is 1.91. The second-order valence-electron chi connectivity index (χ2n) is 5.13. The lowest BCUT2D eigenvalue weighted by Crippen LogP contribution is -2.23. The number of aromatic nitrogens is 1. The Bertz CT molecular complexity index is 570. The number of aryl methyl sites for hydroxylation is 1. The first-order chi connectivity index (χ1) is 9.56. The first-order valence-corrected chi connectivity index (χ1v) is 6.69. The molecule has 1 N–H and O–H groups in total. The highest BCUT2D eigenvalue weighted by atomic mass is 16.2. The van der Waals surface area contributed by atoms with Crippen molar-refractivity contribution in [3.05, 3.63) is 53.9 Å². The third-order valence-electron chi connectivity index (χ3n) is 3.33. The number of hydrogen-bond donors (Lipinski definition) is 1. The number of nitrogens with one attached hydrogen (secondary N) is 1. The van der Waals surface area contributed by atoms with Crippen LogP contribution in [0, 0.1) is 0 Å². The van der Waals surface area contributed by atoms with E-state index in [4.69, 9.17) is 0 Å². The predicted octanol–water partition coefficient (Wildman–Crippen LogP) is 2.27. The van der Waals surface area contributed by atoms with Crippen molar-refractivity contribution >= 4 is 11.6 Å². The van der Waals surface area contributed by atoms with E-state index in [2.05, 4.69) is 16.0 Å². The molecule has 0 saturated carbocycles. The summed E-state index contributed by atoms with van der Waals surface area (Å²) < 4.78 is 2.09. The summed E-state index contributed by atoms with van der Waals surface area (Å²) in [6.45, 7) is 0.791. The fourth-order valence-corrected chi connectivity index (χ4v) is 1.95. The molecule has 1 aromatic heterocycles. The van der Waals surface area contributed by atoms with E-state index in [-0.39, 0.29) is 5.91 Å². The Morgan fingerprint density at radius 2 is 1.90 bits per heavy atom. The molecule has 106 valence electrons. The van der Waals surface area contributed by atoms with Gasteiger partial charge in [-0.05, 0) is 29.8 Å². The molecule has 1 amide bonds. The smallest absolute Gasteiger partial charge is 0.226 e. The van der Waals surface area contributed by atoms with Crippen molar-refractivity contribution < 1.29 is 4.79 Å². The highest BCUT2D eigenvalue weighted by Crippen LogP contribution is 2.12. The van der Waals surface area contributed by atoms with Crippen molar-refractivity contribution in [3.8, 4) is 0 Å². The van der Waals surface area contributed by atoms with Gasteiger partial charge in [0.2, 0.25) is 5.91 Å². The summed E-state index contributed by atoms with van der Waals surface area (Å²) in [7, 11) is 5.59. The van der Waals surface area contributed by atoms with Crippen LogP contribution in [0.15, 0.2) is 42.6 Å². The van der Waals surface area contributed by atoms with Crippen LogP contribution in [0.1, 0.15) is 11.3 Å². The summed E-state index contributed by atoms with van der Waals surface area (Å²) in [4.78, 5) is 13.2. The van der Waals surface area contributed by atoms with Crippen LogP contribution in [0.2, 0.25) is 0 Å². The van der Waals surface area contributed by atoms with Crippen molar-refractivity contribution in [1.29, 1.82) is 0 Å². The average Bonchev–Trinajstić information content (AvgIpc) is 2.83. The zero-order chi connectivity index (χ0) is 14.5. The number of carbonyl (C=O) groups is 1. The van der Waals surface area contributed by atoms with Crippen LogP contribution in [-0.4, -0.2) is 29.5 Å². The van der Waals surface area contributed by atoms with Crippen molar-refractivity contribution in [3.63, 3.8) is 0 Å². The zero-order valence-corrected chi connectivity index (χ0v) is 12.3. The Morgan fingerprint density at radius 1 is 1.20 bits per heavy atom. The maximum Gasteiger partial charge on any atom is 0.226 e. The lowest BCUT2D eigenvalue weighted by Gasteiger charge is -2.11. The van der Waals surface area contributed by atoms with Crippen LogP contribution in [0.3, 0.4) is 0 Å². The maximum atomic E-state index is 11.6. The molecule has 0 spiro atoms. The minimum atomic E-state index is 0.120. The third-order valence-corrected chi connectivity index (χ3v) is 3.33. The normalized spacial score (nSPS) is 10.3. The second kappa shape index (κ2) is 6.28. The van der Waals surface area contributed by atoms with Gasteiger partial charge in [0.1, 0.15) is 0 Å². The Labute approximate surface area is 120 Å². The van der Waals surface area contributed by atoms with Gasteiger partial charge in [-0.2, -0.15) is 0 Å². The number of anilines is 1. The molecule has 0 bridgehead atoms. The van der Waals surface area contributed by atoms with Crippen molar-refractivity contribution in [2.75, 3.05) is 19.4 Å². The molecule has 0 saturated heterocycles. The topological polar surface area (TPSA) is 37.3 Å². The van der Waals surface area contributed by atoms with Crippen molar-refractivity contribution in [2.24, 2.45) is 7.05 Å². The van der Waals surface area contributed by atoms with E-state index in [1.807, 2.05) is 43.6 Å². The number of carbonyl (C=O) groups excluding carboxylic acids is 1. The number of nitrogens with zero attached hydrogens (tertiary/aromatic N) is 2. The largest absolute Gasteiger partial charge is 0.379 e. The molecule has 0 fully saturated rings. The van der Waals surface area contributed by atoms with Gasteiger partial charge in [-0.3, -0.25) is 4.79 Å². The minimum absolute atomic E-state index is 0.120. The van der Waals surface area contributed by atoms with Crippen molar-refractivity contribution in [1.82, 2.24) is 9.47 Å². The molecule has 20 heavy (non-hydrogen) atoms. The fourth-order valence-electron chi connectivity index (χ4n) is 1.95. The van der Waals surface area contributed by atoms with Gasteiger partial charge in [-0.15, -0.1) is 0 Å². The van der Waals surface area contributed by atoms with Crippen LogP contribution in [0.25, 0.3) is 0 Å². The Kier molecular flexibility index (Phi) is 4.45. The molecular formula is C16H21N3O. The summed E-state index contributed by atoms with van der Waals surface area (Å²) >= 11 is 0. The molecule has 4 heteroatoms. The molecule has 0 atom stereocenters. The van der Waals surface area contributed by atoms with Crippen LogP contribution >= 0.6 is 0 Å². The van der Waals surface area contributed by atoms with E-state index in [0.717, 1.165) is 17.8 Å². The van der Waals surface area contributed by atoms with E-state index in [9.17, 15) is 4.79 Å². The average molecular weight is 271 g/mol. The molecule has 1 heterocycles. The monoisotopic (exact) mass is 271 g/mol. The van der Waals surface area contributed by atoms with Crippen LogP contribution in [0.4, 0.5) is 5.69 Å². The summed E-state index contributed by atoms with van der Waals surface area (Å²) in [5.74, 6) is 0.120. The summed E-state index contributed by atoms with van der Waals surface area (Å²) in [6, 6.07) is 12.1. The van der Waals surface area contributed by atoms with Crippen LogP contribution in [-0.2, 0) is 24.8 Å². The first-order valence-electron chi connectivity index (χ1n) is 6.69. The lowest BCUT2D eigenvalue weighted by atomic mass is 10.1. The highest BCUT2D eigenvalue weighted by molar-refractivity contribution is 5.78. The summed E-state index contributed by atoms with van der Waals surface area (Å²) in [5, 5.41) is 3.38. The number of hydrogen-bond acceptors (Lipinski definition) is 2. The molecule has 4 nitrogen and oxygen atoms in total. The van der Waals surface area contributed by atoms with Gasteiger partial charge in [-0.25, -0.2) is 0 Å². The molecule has 0 unspecified atom stereocenters. The second-order valence-corrected chi connectivity index (χ2v) is 5.13. The minimum Gasteiger partial charge on any atom is -0.379 e. The molecule has 2 aromatic rings.